The monoisotopic (exact) mass is 214 g/mol. The smallest absolute Gasteiger partial charge is 0.309 e. The fraction of sp³-hybridized carbons (Fsp3) is 0.909. The molecule has 1 aliphatic heterocycles. The first kappa shape index (κ1) is 12.5. The third-order valence-corrected chi connectivity index (χ3v) is 3.57. The Morgan fingerprint density at radius 2 is 2.07 bits per heavy atom. The van der Waals surface area contributed by atoms with Gasteiger partial charge in [-0.05, 0) is 12.8 Å². The highest BCUT2D eigenvalue weighted by Gasteiger charge is 2.33. The number of carbonyl (C=O) groups is 1. The van der Waals surface area contributed by atoms with E-state index in [0.717, 1.165) is 13.1 Å². The van der Waals surface area contributed by atoms with Crippen molar-refractivity contribution in [1.82, 2.24) is 4.90 Å². The van der Waals surface area contributed by atoms with Crippen molar-refractivity contribution in [2.45, 2.75) is 32.9 Å². The highest BCUT2D eigenvalue weighted by atomic mass is 16.5. The lowest BCUT2D eigenvalue weighted by atomic mass is 10.0. The van der Waals surface area contributed by atoms with E-state index < -0.39 is 0 Å². The van der Waals surface area contributed by atoms with E-state index in [1.165, 1.54) is 7.11 Å². The second kappa shape index (κ2) is 4.94. The Balaban J connectivity index is 2.54. The Bertz CT molecular complexity index is 223. The van der Waals surface area contributed by atoms with Crippen LogP contribution >= 0.6 is 0 Å². The van der Waals surface area contributed by atoms with Crippen LogP contribution in [0.15, 0.2) is 0 Å². The molecule has 1 saturated heterocycles. The summed E-state index contributed by atoms with van der Waals surface area (Å²) in [6.45, 7) is 7.98. The first-order chi connectivity index (χ1) is 6.97. The molecule has 15 heavy (non-hydrogen) atoms. The molecule has 4 heteroatoms. The molecule has 2 N–H and O–H groups in total. The maximum Gasteiger partial charge on any atom is 0.309 e. The molecule has 4 atom stereocenters. The van der Waals surface area contributed by atoms with Gasteiger partial charge in [-0.15, -0.1) is 0 Å². The molecule has 0 spiro atoms. The van der Waals surface area contributed by atoms with E-state index >= 15 is 0 Å². The van der Waals surface area contributed by atoms with Gasteiger partial charge in [0.15, 0.2) is 0 Å². The van der Waals surface area contributed by atoms with Gasteiger partial charge in [0.2, 0.25) is 0 Å². The minimum absolute atomic E-state index is 0.0903. The number of esters is 1. The number of nitrogens with two attached hydrogens (primary N) is 1. The van der Waals surface area contributed by atoms with Gasteiger partial charge in [0.05, 0.1) is 13.0 Å². The summed E-state index contributed by atoms with van der Waals surface area (Å²) < 4.78 is 4.75. The van der Waals surface area contributed by atoms with Gasteiger partial charge in [-0.25, -0.2) is 0 Å². The van der Waals surface area contributed by atoms with E-state index in [1.807, 2.05) is 6.92 Å². The van der Waals surface area contributed by atoms with E-state index in [1.54, 1.807) is 0 Å². The van der Waals surface area contributed by atoms with E-state index in [-0.39, 0.29) is 24.0 Å². The lowest BCUT2D eigenvalue weighted by molar-refractivity contribution is -0.146. The van der Waals surface area contributed by atoms with E-state index in [4.69, 9.17) is 10.5 Å². The summed E-state index contributed by atoms with van der Waals surface area (Å²) in [7, 11) is 1.43. The lowest BCUT2D eigenvalue weighted by Crippen LogP contribution is -2.40. The van der Waals surface area contributed by atoms with Crippen LogP contribution in [0.5, 0.6) is 0 Å². The second-order valence-electron chi connectivity index (χ2n) is 4.65. The maximum atomic E-state index is 11.4. The maximum absolute atomic E-state index is 11.4. The largest absolute Gasteiger partial charge is 0.469 e. The molecule has 0 aliphatic carbocycles. The summed E-state index contributed by atoms with van der Waals surface area (Å²) >= 11 is 0. The molecule has 4 nitrogen and oxygen atoms in total. The number of methoxy groups -OCH3 is 1. The average Bonchev–Trinajstić information content (AvgIpc) is 2.56. The average molecular weight is 214 g/mol. The fourth-order valence-electron chi connectivity index (χ4n) is 2.06. The summed E-state index contributed by atoms with van der Waals surface area (Å²) in [6.07, 6.45) is 0. The van der Waals surface area contributed by atoms with Crippen LogP contribution < -0.4 is 5.73 Å². The van der Waals surface area contributed by atoms with E-state index in [0.29, 0.717) is 5.92 Å². The number of likely N-dealkylation sites (tertiary alicyclic amines) is 1. The summed E-state index contributed by atoms with van der Waals surface area (Å²) in [5.74, 6) is 0.278. The van der Waals surface area contributed by atoms with Crippen molar-refractivity contribution in [2.24, 2.45) is 17.6 Å². The highest BCUT2D eigenvalue weighted by molar-refractivity contribution is 5.72. The van der Waals surface area contributed by atoms with Crippen LogP contribution in [0.4, 0.5) is 0 Å². The summed E-state index contributed by atoms with van der Waals surface area (Å²) in [4.78, 5) is 13.7. The van der Waals surface area contributed by atoms with Gasteiger partial charge in [-0.1, -0.05) is 13.8 Å². The molecule has 0 radical (unpaired) electrons. The van der Waals surface area contributed by atoms with Gasteiger partial charge in [-0.2, -0.15) is 0 Å². The standard InChI is InChI=1S/C11H22N2O2/c1-7-5-13(6-10(7)12)9(3)8(2)11(14)15-4/h7-10H,5-6,12H2,1-4H3. The van der Waals surface area contributed by atoms with E-state index in [9.17, 15) is 4.79 Å². The molecule has 0 aromatic carbocycles. The van der Waals surface area contributed by atoms with Gasteiger partial charge in [-0.3, -0.25) is 9.69 Å². The molecule has 0 amide bonds. The first-order valence-electron chi connectivity index (χ1n) is 5.54. The quantitative estimate of drug-likeness (QED) is 0.694. The number of rotatable bonds is 3. The van der Waals surface area contributed by atoms with Crippen molar-refractivity contribution < 1.29 is 9.53 Å². The molecular formula is C11H22N2O2. The van der Waals surface area contributed by atoms with Crippen LogP contribution in [0, 0.1) is 11.8 Å². The SMILES string of the molecule is COC(=O)C(C)C(C)N1CC(C)C(N)C1. The van der Waals surface area contributed by atoms with Crippen LogP contribution in [0.1, 0.15) is 20.8 Å². The van der Waals surface area contributed by atoms with Crippen molar-refractivity contribution in [3.63, 3.8) is 0 Å². The minimum atomic E-state index is -0.143. The third kappa shape index (κ3) is 2.69. The van der Waals surface area contributed by atoms with Crippen LogP contribution in [-0.4, -0.2) is 43.2 Å². The Morgan fingerprint density at radius 1 is 1.47 bits per heavy atom. The molecular weight excluding hydrogens is 192 g/mol. The number of nitrogens with zero attached hydrogens (tertiary/aromatic N) is 1. The van der Waals surface area contributed by atoms with Crippen LogP contribution in [0.3, 0.4) is 0 Å². The number of hydrogen-bond acceptors (Lipinski definition) is 4. The van der Waals surface area contributed by atoms with Crippen molar-refractivity contribution in [2.75, 3.05) is 20.2 Å². The van der Waals surface area contributed by atoms with Crippen molar-refractivity contribution >= 4 is 5.97 Å². The fourth-order valence-corrected chi connectivity index (χ4v) is 2.06. The van der Waals surface area contributed by atoms with Gasteiger partial charge in [0.25, 0.3) is 0 Å². The topological polar surface area (TPSA) is 55.6 Å². The molecule has 4 unspecified atom stereocenters. The zero-order valence-electron chi connectivity index (χ0n) is 10.1. The molecule has 0 aromatic heterocycles. The molecule has 0 bridgehead atoms. The summed E-state index contributed by atoms with van der Waals surface area (Å²) in [5, 5.41) is 0. The Labute approximate surface area is 91.8 Å². The van der Waals surface area contributed by atoms with Crippen molar-refractivity contribution in [3.05, 3.63) is 0 Å². The van der Waals surface area contributed by atoms with Crippen LogP contribution in [0.25, 0.3) is 0 Å². The first-order valence-corrected chi connectivity index (χ1v) is 5.54. The lowest BCUT2D eigenvalue weighted by Gasteiger charge is -2.27. The van der Waals surface area contributed by atoms with Gasteiger partial charge in [0, 0.05) is 25.2 Å². The number of ether oxygens (including phenoxy) is 1. The third-order valence-electron chi connectivity index (χ3n) is 3.57. The Kier molecular flexibility index (Phi) is 4.11. The Morgan fingerprint density at radius 3 is 2.47 bits per heavy atom. The Hall–Kier alpha value is -0.610. The molecule has 1 aliphatic rings. The van der Waals surface area contributed by atoms with Gasteiger partial charge in [0.1, 0.15) is 0 Å². The van der Waals surface area contributed by atoms with E-state index in [2.05, 4.69) is 18.7 Å². The highest BCUT2D eigenvalue weighted by Crippen LogP contribution is 2.21. The molecule has 1 fully saturated rings. The summed E-state index contributed by atoms with van der Waals surface area (Å²) in [6, 6.07) is 0.436. The molecule has 0 saturated carbocycles. The second-order valence-corrected chi connectivity index (χ2v) is 4.65. The minimum Gasteiger partial charge on any atom is -0.469 e. The zero-order valence-corrected chi connectivity index (χ0v) is 10.1. The molecule has 1 rings (SSSR count). The normalized spacial score (nSPS) is 31.3. The van der Waals surface area contributed by atoms with Crippen LogP contribution in [0.2, 0.25) is 0 Å². The zero-order chi connectivity index (χ0) is 11.6. The van der Waals surface area contributed by atoms with Crippen molar-refractivity contribution in [1.29, 1.82) is 0 Å². The van der Waals surface area contributed by atoms with Crippen LogP contribution in [-0.2, 0) is 9.53 Å². The van der Waals surface area contributed by atoms with Gasteiger partial charge >= 0.3 is 5.97 Å². The molecule has 1 heterocycles. The predicted molar refractivity (Wildman–Crippen MR) is 59.4 cm³/mol. The number of carbonyl (C=O) groups excluding carboxylic acids is 1. The predicted octanol–water partition coefficient (Wildman–Crippen LogP) is 0.463. The summed E-state index contributed by atoms with van der Waals surface area (Å²) in [5.41, 5.74) is 5.96. The van der Waals surface area contributed by atoms with Crippen molar-refractivity contribution in [3.8, 4) is 0 Å². The van der Waals surface area contributed by atoms with Gasteiger partial charge < -0.3 is 10.5 Å². The molecule has 0 aromatic rings. The number of hydrogen-bond donors (Lipinski definition) is 1. The molecule has 88 valence electrons.